The van der Waals surface area contributed by atoms with E-state index in [1.807, 2.05) is 10.8 Å². The van der Waals surface area contributed by atoms with Crippen LogP contribution in [0.25, 0.3) is 11.2 Å². The van der Waals surface area contributed by atoms with Crippen molar-refractivity contribution in [3.8, 4) is 0 Å². The summed E-state index contributed by atoms with van der Waals surface area (Å²) < 4.78 is 4.50. The molecule has 2 aromatic heterocycles. The molecule has 0 fully saturated rings. The van der Waals surface area contributed by atoms with E-state index in [0.29, 0.717) is 17.1 Å². The minimum Gasteiger partial charge on any atom is -0.313 e. The summed E-state index contributed by atoms with van der Waals surface area (Å²) in [6.07, 6.45) is 2.89. The van der Waals surface area contributed by atoms with Gasteiger partial charge < -0.3 is 4.57 Å². The molecule has 20 heavy (non-hydrogen) atoms. The van der Waals surface area contributed by atoms with Gasteiger partial charge in [-0.2, -0.15) is 0 Å². The highest BCUT2D eigenvalue weighted by Crippen LogP contribution is 2.20. The number of rotatable bonds is 4. The van der Waals surface area contributed by atoms with Crippen molar-refractivity contribution in [1.29, 1.82) is 0 Å². The lowest BCUT2D eigenvalue weighted by Gasteiger charge is -2.10. The van der Waals surface area contributed by atoms with Crippen molar-refractivity contribution in [3.63, 3.8) is 0 Å². The third kappa shape index (κ3) is 2.30. The van der Waals surface area contributed by atoms with E-state index in [2.05, 4.69) is 18.8 Å². The molecule has 2 aromatic rings. The molecule has 6 nitrogen and oxygen atoms in total. The third-order valence-electron chi connectivity index (χ3n) is 3.43. The predicted octanol–water partition coefficient (Wildman–Crippen LogP) is 1.20. The second-order valence-corrected chi connectivity index (χ2v) is 6.08. The molecule has 0 spiro atoms. The van der Waals surface area contributed by atoms with Gasteiger partial charge in [-0.3, -0.25) is 13.9 Å². The summed E-state index contributed by atoms with van der Waals surface area (Å²) in [5.74, 6) is 0.540. The summed E-state index contributed by atoms with van der Waals surface area (Å²) in [5.41, 5.74) is 0.356. The van der Waals surface area contributed by atoms with Gasteiger partial charge in [-0.1, -0.05) is 25.6 Å². The van der Waals surface area contributed by atoms with E-state index in [1.165, 1.54) is 23.4 Å². The fourth-order valence-electron chi connectivity index (χ4n) is 2.18. The molecule has 0 unspecified atom stereocenters. The van der Waals surface area contributed by atoms with E-state index < -0.39 is 0 Å². The Morgan fingerprint density at radius 2 is 1.85 bits per heavy atom. The van der Waals surface area contributed by atoms with Crippen LogP contribution in [0, 0.1) is 5.92 Å². The summed E-state index contributed by atoms with van der Waals surface area (Å²) in [7, 11) is 3.15. The topological polar surface area (TPSA) is 61.8 Å². The Morgan fingerprint density at radius 3 is 2.40 bits per heavy atom. The monoisotopic (exact) mass is 296 g/mol. The summed E-state index contributed by atoms with van der Waals surface area (Å²) in [4.78, 5) is 28.8. The number of nitrogens with zero attached hydrogens (tertiary/aromatic N) is 4. The fourth-order valence-corrected chi connectivity index (χ4v) is 2.76. The minimum atomic E-state index is -0.344. The van der Waals surface area contributed by atoms with Gasteiger partial charge in [0.1, 0.15) is 0 Å². The van der Waals surface area contributed by atoms with Crippen molar-refractivity contribution in [1.82, 2.24) is 18.7 Å². The fraction of sp³-hybridized carbons (Fsp3) is 0.615. The van der Waals surface area contributed by atoms with E-state index in [1.54, 1.807) is 7.05 Å². The molecule has 0 aliphatic heterocycles. The Hall–Kier alpha value is -1.50. The molecule has 0 N–H and O–H groups in total. The van der Waals surface area contributed by atoms with Crippen LogP contribution < -0.4 is 11.2 Å². The van der Waals surface area contributed by atoms with Gasteiger partial charge in [0.05, 0.1) is 0 Å². The highest BCUT2D eigenvalue weighted by Gasteiger charge is 2.18. The lowest BCUT2D eigenvalue weighted by atomic mass is 10.1. The summed E-state index contributed by atoms with van der Waals surface area (Å²) in [5, 5.41) is 0.777. The van der Waals surface area contributed by atoms with Crippen LogP contribution in [-0.2, 0) is 20.6 Å². The molecule has 0 saturated heterocycles. The van der Waals surface area contributed by atoms with E-state index in [-0.39, 0.29) is 11.2 Å². The van der Waals surface area contributed by atoms with E-state index in [4.69, 9.17) is 0 Å². The number of thioether (sulfide) groups is 1. The van der Waals surface area contributed by atoms with Gasteiger partial charge in [0.25, 0.3) is 5.56 Å². The van der Waals surface area contributed by atoms with Crippen LogP contribution in [0.2, 0.25) is 0 Å². The molecule has 7 heteroatoms. The predicted molar refractivity (Wildman–Crippen MR) is 81.5 cm³/mol. The van der Waals surface area contributed by atoms with Gasteiger partial charge in [0.15, 0.2) is 16.3 Å². The van der Waals surface area contributed by atoms with E-state index in [9.17, 15) is 9.59 Å². The molecule has 110 valence electrons. The standard InChI is InChI=1S/C13H20N4O2S/c1-8(2)6-7-17-9-10(14-12(17)20-5)15(3)13(19)16(4)11(9)18/h8H,6-7H2,1-5H3. The van der Waals surface area contributed by atoms with Crippen LogP contribution in [0.15, 0.2) is 14.7 Å². The average Bonchev–Trinajstić information content (AvgIpc) is 2.79. The average molecular weight is 296 g/mol. The van der Waals surface area contributed by atoms with Gasteiger partial charge in [-0.05, 0) is 18.6 Å². The van der Waals surface area contributed by atoms with E-state index in [0.717, 1.165) is 22.7 Å². The summed E-state index contributed by atoms with van der Waals surface area (Å²) in [6.45, 7) is 5.02. The highest BCUT2D eigenvalue weighted by molar-refractivity contribution is 7.98. The SMILES string of the molecule is CSc1nc2c(c(=O)n(C)c(=O)n2C)n1CCC(C)C. The number of aryl methyl sites for hydroxylation is 2. The molecule has 0 radical (unpaired) electrons. The molecule has 0 aliphatic rings. The molecule has 0 saturated carbocycles. The van der Waals surface area contributed by atoms with Crippen LogP contribution in [0.5, 0.6) is 0 Å². The molecule has 0 aliphatic carbocycles. The lowest BCUT2D eigenvalue weighted by molar-refractivity contribution is 0.502. The van der Waals surface area contributed by atoms with Crippen LogP contribution in [0.1, 0.15) is 20.3 Å². The first-order valence-electron chi connectivity index (χ1n) is 6.58. The zero-order valence-electron chi connectivity index (χ0n) is 12.5. The molecule has 2 heterocycles. The maximum atomic E-state index is 12.4. The number of fused-ring (bicyclic) bond motifs is 1. The second-order valence-electron chi connectivity index (χ2n) is 5.31. The quantitative estimate of drug-likeness (QED) is 0.795. The maximum Gasteiger partial charge on any atom is 0.332 e. The van der Waals surface area contributed by atoms with Gasteiger partial charge in [0.2, 0.25) is 0 Å². The van der Waals surface area contributed by atoms with Gasteiger partial charge >= 0.3 is 5.69 Å². The number of hydrogen-bond acceptors (Lipinski definition) is 4. The van der Waals surface area contributed by atoms with Gasteiger partial charge in [-0.25, -0.2) is 9.78 Å². The number of hydrogen-bond donors (Lipinski definition) is 0. The van der Waals surface area contributed by atoms with Crippen LogP contribution in [-0.4, -0.2) is 24.9 Å². The molecule has 0 bridgehead atoms. The van der Waals surface area contributed by atoms with Crippen molar-refractivity contribution < 1.29 is 0 Å². The molecular weight excluding hydrogens is 276 g/mol. The first kappa shape index (κ1) is 14.9. The second kappa shape index (κ2) is 5.47. The van der Waals surface area contributed by atoms with Crippen molar-refractivity contribution in [2.45, 2.75) is 32.0 Å². The van der Waals surface area contributed by atoms with Crippen LogP contribution in [0.3, 0.4) is 0 Å². The first-order valence-corrected chi connectivity index (χ1v) is 7.81. The van der Waals surface area contributed by atoms with Gasteiger partial charge in [0, 0.05) is 20.6 Å². The van der Waals surface area contributed by atoms with E-state index >= 15 is 0 Å². The zero-order valence-corrected chi connectivity index (χ0v) is 13.3. The molecule has 0 aromatic carbocycles. The Labute approximate surface area is 121 Å². The Kier molecular flexibility index (Phi) is 4.08. The molecule has 2 rings (SSSR count). The maximum absolute atomic E-state index is 12.4. The number of aromatic nitrogens is 4. The summed E-state index contributed by atoms with van der Waals surface area (Å²) in [6, 6.07) is 0. The van der Waals surface area contributed by atoms with Crippen molar-refractivity contribution >= 4 is 22.9 Å². The molecular formula is C13H20N4O2S. The smallest absolute Gasteiger partial charge is 0.313 e. The first-order chi connectivity index (χ1) is 9.38. The van der Waals surface area contributed by atoms with Crippen molar-refractivity contribution in [3.05, 3.63) is 20.8 Å². The molecule has 0 amide bonds. The minimum absolute atomic E-state index is 0.278. The van der Waals surface area contributed by atoms with Crippen molar-refractivity contribution in [2.75, 3.05) is 6.26 Å². The largest absolute Gasteiger partial charge is 0.332 e. The Morgan fingerprint density at radius 1 is 1.20 bits per heavy atom. The highest BCUT2D eigenvalue weighted by atomic mass is 32.2. The number of imidazole rings is 1. The third-order valence-corrected chi connectivity index (χ3v) is 4.10. The van der Waals surface area contributed by atoms with Gasteiger partial charge in [-0.15, -0.1) is 0 Å². The summed E-state index contributed by atoms with van der Waals surface area (Å²) >= 11 is 1.49. The van der Waals surface area contributed by atoms with Crippen molar-refractivity contribution in [2.24, 2.45) is 20.0 Å². The normalized spacial score (nSPS) is 11.7. The molecule has 0 atom stereocenters. The Bertz CT molecular complexity index is 754. The lowest BCUT2D eigenvalue weighted by Crippen LogP contribution is -2.37. The Balaban J connectivity index is 2.79. The van der Waals surface area contributed by atoms with Crippen LogP contribution >= 0.6 is 11.8 Å². The van der Waals surface area contributed by atoms with Crippen LogP contribution in [0.4, 0.5) is 0 Å². The zero-order chi connectivity index (χ0) is 15.0.